The van der Waals surface area contributed by atoms with Gasteiger partial charge in [-0.05, 0) is 23.6 Å². The zero-order valence-corrected chi connectivity index (χ0v) is 16.4. The van der Waals surface area contributed by atoms with Crippen molar-refractivity contribution >= 4 is 5.96 Å². The molecule has 1 fully saturated rings. The molecule has 1 saturated heterocycles. The van der Waals surface area contributed by atoms with E-state index in [-0.39, 0.29) is 0 Å². The van der Waals surface area contributed by atoms with Gasteiger partial charge in [0.1, 0.15) is 0 Å². The molecule has 0 radical (unpaired) electrons. The first-order valence-electron chi connectivity index (χ1n) is 9.61. The van der Waals surface area contributed by atoms with Crippen molar-refractivity contribution < 1.29 is 4.74 Å². The molecule has 27 heavy (non-hydrogen) atoms. The Morgan fingerprint density at radius 1 is 0.963 bits per heavy atom. The molecule has 0 atom stereocenters. The van der Waals surface area contributed by atoms with E-state index in [0.717, 1.165) is 51.9 Å². The van der Waals surface area contributed by atoms with Gasteiger partial charge >= 0.3 is 0 Å². The lowest BCUT2D eigenvalue weighted by atomic mass is 10.1. The van der Waals surface area contributed by atoms with Gasteiger partial charge in [0, 0.05) is 39.8 Å². The van der Waals surface area contributed by atoms with Crippen LogP contribution in [0.25, 0.3) is 0 Å². The summed E-state index contributed by atoms with van der Waals surface area (Å²) in [5.41, 5.74) is 5.19. The summed E-state index contributed by atoms with van der Waals surface area (Å²) < 4.78 is 5.45. The van der Waals surface area contributed by atoms with Crippen LogP contribution in [0, 0.1) is 6.92 Å². The van der Waals surface area contributed by atoms with Gasteiger partial charge in [0.05, 0.1) is 13.2 Å². The Labute approximate surface area is 162 Å². The van der Waals surface area contributed by atoms with Crippen molar-refractivity contribution in [3.63, 3.8) is 0 Å². The predicted octanol–water partition coefficient (Wildman–Crippen LogP) is 2.69. The Morgan fingerprint density at radius 3 is 2.33 bits per heavy atom. The highest BCUT2D eigenvalue weighted by Gasteiger charge is 2.12. The van der Waals surface area contributed by atoms with Crippen molar-refractivity contribution in [2.24, 2.45) is 4.99 Å². The largest absolute Gasteiger partial charge is 0.379 e. The van der Waals surface area contributed by atoms with E-state index >= 15 is 0 Å². The maximum Gasteiger partial charge on any atom is 0.191 e. The summed E-state index contributed by atoms with van der Waals surface area (Å²) in [4.78, 5) is 6.80. The second-order valence-electron chi connectivity index (χ2n) is 6.92. The van der Waals surface area contributed by atoms with Crippen molar-refractivity contribution in [2.75, 3.05) is 33.4 Å². The van der Waals surface area contributed by atoms with Crippen LogP contribution in [-0.2, 0) is 24.4 Å². The molecule has 0 aliphatic carbocycles. The minimum Gasteiger partial charge on any atom is -0.379 e. The van der Waals surface area contributed by atoms with Crippen molar-refractivity contribution in [3.8, 4) is 0 Å². The Kier molecular flexibility index (Phi) is 7.25. The first kappa shape index (κ1) is 19.4. The Morgan fingerprint density at radius 2 is 1.63 bits per heavy atom. The second-order valence-corrected chi connectivity index (χ2v) is 6.92. The predicted molar refractivity (Wildman–Crippen MR) is 111 cm³/mol. The Bertz CT molecular complexity index is 736. The third kappa shape index (κ3) is 6.08. The fraction of sp³-hybridized carbons (Fsp3) is 0.409. The standard InChI is InChI=1S/C22H30N4O/c1-18-7-9-19(10-8-18)15-24-22(23-2)25-16-20-5-3-4-6-21(20)17-26-11-13-27-14-12-26/h3-10H,11-17H2,1-2H3,(H2,23,24,25). The lowest BCUT2D eigenvalue weighted by Crippen LogP contribution is -2.37. The topological polar surface area (TPSA) is 48.9 Å². The lowest BCUT2D eigenvalue weighted by molar-refractivity contribution is 0.0341. The number of morpholine rings is 1. The SMILES string of the molecule is CN=C(NCc1ccc(C)cc1)NCc1ccccc1CN1CCOCC1. The molecular formula is C22H30N4O. The third-order valence-corrected chi connectivity index (χ3v) is 4.87. The van der Waals surface area contributed by atoms with Gasteiger partial charge < -0.3 is 15.4 Å². The smallest absolute Gasteiger partial charge is 0.191 e. The van der Waals surface area contributed by atoms with Gasteiger partial charge in [-0.2, -0.15) is 0 Å². The lowest BCUT2D eigenvalue weighted by Gasteiger charge is -2.27. The first-order valence-corrected chi connectivity index (χ1v) is 9.61. The molecule has 0 saturated carbocycles. The van der Waals surface area contributed by atoms with E-state index in [2.05, 4.69) is 76.0 Å². The van der Waals surface area contributed by atoms with Gasteiger partial charge in [-0.3, -0.25) is 9.89 Å². The van der Waals surface area contributed by atoms with Crippen LogP contribution in [0.15, 0.2) is 53.5 Å². The number of benzene rings is 2. The average molecular weight is 367 g/mol. The van der Waals surface area contributed by atoms with Crippen LogP contribution in [0.1, 0.15) is 22.3 Å². The molecule has 1 heterocycles. The van der Waals surface area contributed by atoms with E-state index in [9.17, 15) is 0 Å². The Balaban J connectivity index is 1.54. The summed E-state index contributed by atoms with van der Waals surface area (Å²) in [6.07, 6.45) is 0. The number of nitrogens with one attached hydrogen (secondary N) is 2. The van der Waals surface area contributed by atoms with Crippen molar-refractivity contribution in [3.05, 3.63) is 70.8 Å². The minimum atomic E-state index is 0.758. The van der Waals surface area contributed by atoms with E-state index in [1.807, 2.05) is 7.05 Å². The van der Waals surface area contributed by atoms with Crippen LogP contribution >= 0.6 is 0 Å². The quantitative estimate of drug-likeness (QED) is 0.610. The first-order chi connectivity index (χ1) is 13.2. The summed E-state index contributed by atoms with van der Waals surface area (Å²) in [7, 11) is 1.81. The summed E-state index contributed by atoms with van der Waals surface area (Å²) >= 11 is 0. The van der Waals surface area contributed by atoms with Crippen LogP contribution in [0.3, 0.4) is 0 Å². The van der Waals surface area contributed by atoms with Gasteiger partial charge in [0.2, 0.25) is 0 Å². The monoisotopic (exact) mass is 366 g/mol. The number of ether oxygens (including phenoxy) is 1. The van der Waals surface area contributed by atoms with E-state index in [1.54, 1.807) is 0 Å². The van der Waals surface area contributed by atoms with Gasteiger partial charge in [-0.1, -0.05) is 54.1 Å². The number of guanidine groups is 1. The van der Waals surface area contributed by atoms with Crippen molar-refractivity contribution in [2.45, 2.75) is 26.6 Å². The molecule has 0 bridgehead atoms. The van der Waals surface area contributed by atoms with E-state index < -0.39 is 0 Å². The molecule has 0 aromatic heterocycles. The fourth-order valence-electron chi connectivity index (χ4n) is 3.18. The van der Waals surface area contributed by atoms with E-state index in [1.165, 1.54) is 22.3 Å². The van der Waals surface area contributed by atoms with E-state index in [4.69, 9.17) is 4.74 Å². The highest BCUT2D eigenvalue weighted by atomic mass is 16.5. The minimum absolute atomic E-state index is 0.758. The average Bonchev–Trinajstić information content (AvgIpc) is 2.71. The van der Waals surface area contributed by atoms with Crippen LogP contribution in [0.2, 0.25) is 0 Å². The van der Waals surface area contributed by atoms with Crippen LogP contribution in [-0.4, -0.2) is 44.2 Å². The molecule has 2 aromatic rings. The summed E-state index contributed by atoms with van der Waals surface area (Å²) in [5, 5.41) is 6.83. The third-order valence-electron chi connectivity index (χ3n) is 4.87. The molecule has 144 valence electrons. The maximum absolute atomic E-state index is 5.45. The number of hydrogen-bond acceptors (Lipinski definition) is 3. The fourth-order valence-corrected chi connectivity index (χ4v) is 3.18. The molecular weight excluding hydrogens is 336 g/mol. The molecule has 1 aliphatic heterocycles. The summed E-state index contributed by atoms with van der Waals surface area (Å²) in [6, 6.07) is 17.2. The van der Waals surface area contributed by atoms with Crippen LogP contribution < -0.4 is 10.6 Å². The highest BCUT2D eigenvalue weighted by molar-refractivity contribution is 5.79. The Hall–Kier alpha value is -2.37. The number of aryl methyl sites for hydroxylation is 1. The van der Waals surface area contributed by atoms with Gasteiger partial charge in [0.25, 0.3) is 0 Å². The number of rotatable bonds is 6. The van der Waals surface area contributed by atoms with Crippen LogP contribution in [0.4, 0.5) is 0 Å². The molecule has 2 N–H and O–H groups in total. The normalized spacial score (nSPS) is 15.6. The van der Waals surface area contributed by atoms with E-state index in [0.29, 0.717) is 0 Å². The molecule has 0 unspecified atom stereocenters. The zero-order chi connectivity index (χ0) is 18.9. The number of aliphatic imine (C=N–C) groups is 1. The van der Waals surface area contributed by atoms with Crippen molar-refractivity contribution in [1.29, 1.82) is 0 Å². The van der Waals surface area contributed by atoms with Crippen molar-refractivity contribution in [1.82, 2.24) is 15.5 Å². The van der Waals surface area contributed by atoms with Gasteiger partial charge in [-0.15, -0.1) is 0 Å². The molecule has 1 aliphatic rings. The van der Waals surface area contributed by atoms with Crippen LogP contribution in [0.5, 0.6) is 0 Å². The highest BCUT2D eigenvalue weighted by Crippen LogP contribution is 2.13. The molecule has 5 nitrogen and oxygen atoms in total. The molecule has 2 aromatic carbocycles. The summed E-state index contributed by atoms with van der Waals surface area (Å²) in [6.45, 7) is 8.25. The zero-order valence-electron chi connectivity index (χ0n) is 16.4. The molecule has 0 spiro atoms. The summed E-state index contributed by atoms with van der Waals surface area (Å²) in [5.74, 6) is 0.816. The number of nitrogens with zero attached hydrogens (tertiary/aromatic N) is 2. The van der Waals surface area contributed by atoms with Gasteiger partial charge in [-0.25, -0.2) is 0 Å². The molecule has 0 amide bonds. The molecule has 5 heteroatoms. The van der Waals surface area contributed by atoms with Gasteiger partial charge in [0.15, 0.2) is 5.96 Å². The number of hydrogen-bond donors (Lipinski definition) is 2. The maximum atomic E-state index is 5.45. The second kappa shape index (κ2) is 10.1. The molecule has 3 rings (SSSR count).